The molecule has 1 fully saturated rings. The van der Waals surface area contributed by atoms with Gasteiger partial charge in [-0.15, -0.1) is 0 Å². The molecule has 1 rings (SSSR count). The summed E-state index contributed by atoms with van der Waals surface area (Å²) in [5.41, 5.74) is 0. The first-order valence-corrected chi connectivity index (χ1v) is 4.60. The van der Waals surface area contributed by atoms with Crippen LogP contribution in [0.4, 0.5) is 0 Å². The van der Waals surface area contributed by atoms with E-state index in [4.69, 9.17) is 9.84 Å². The van der Waals surface area contributed by atoms with Gasteiger partial charge in [0.15, 0.2) is 0 Å². The molecule has 4 heteroatoms. The first-order chi connectivity index (χ1) is 6.19. The molecule has 76 valence electrons. The molecule has 0 bridgehead atoms. The number of hydrogen-bond acceptors (Lipinski definition) is 3. The zero-order chi connectivity index (χ0) is 9.84. The monoisotopic (exact) mass is 187 g/mol. The summed E-state index contributed by atoms with van der Waals surface area (Å²) in [6, 6.07) is 0.160. The Morgan fingerprint density at radius 3 is 2.85 bits per heavy atom. The van der Waals surface area contributed by atoms with Crippen molar-refractivity contribution in [3.8, 4) is 0 Å². The van der Waals surface area contributed by atoms with Crippen LogP contribution in [0.25, 0.3) is 0 Å². The van der Waals surface area contributed by atoms with Gasteiger partial charge in [0.25, 0.3) is 0 Å². The van der Waals surface area contributed by atoms with Crippen LogP contribution < -0.4 is 0 Å². The maximum Gasteiger partial charge on any atom is 0.219 e. The van der Waals surface area contributed by atoms with Gasteiger partial charge in [0, 0.05) is 33.2 Å². The number of rotatable bonds is 3. The lowest BCUT2D eigenvalue weighted by molar-refractivity contribution is -0.130. The number of ether oxygens (including phenoxy) is 1. The minimum atomic E-state index is 0.0676. The number of nitrogens with zero attached hydrogens (tertiary/aromatic N) is 1. The zero-order valence-corrected chi connectivity index (χ0v) is 8.19. The van der Waals surface area contributed by atoms with Crippen molar-refractivity contribution in [1.29, 1.82) is 0 Å². The maximum absolute atomic E-state index is 11.2. The van der Waals surface area contributed by atoms with Gasteiger partial charge in [-0.05, 0) is 12.8 Å². The number of aliphatic hydroxyl groups is 1. The number of hydrogen-bond donors (Lipinski definition) is 1. The third kappa shape index (κ3) is 2.42. The predicted molar refractivity (Wildman–Crippen MR) is 48.3 cm³/mol. The van der Waals surface area contributed by atoms with Gasteiger partial charge in [-0.25, -0.2) is 0 Å². The highest BCUT2D eigenvalue weighted by Crippen LogP contribution is 2.22. The third-order valence-corrected chi connectivity index (χ3v) is 2.58. The topological polar surface area (TPSA) is 49.8 Å². The fourth-order valence-electron chi connectivity index (χ4n) is 1.85. The van der Waals surface area contributed by atoms with Crippen LogP contribution in [0, 0.1) is 0 Å². The molecule has 0 aromatic heterocycles. The summed E-state index contributed by atoms with van der Waals surface area (Å²) in [7, 11) is 1.66. The molecule has 0 aromatic carbocycles. The lowest BCUT2D eigenvalue weighted by Crippen LogP contribution is -2.34. The quantitative estimate of drug-likeness (QED) is 0.677. The van der Waals surface area contributed by atoms with Crippen molar-refractivity contribution < 1.29 is 14.6 Å². The van der Waals surface area contributed by atoms with E-state index in [9.17, 15) is 4.79 Å². The Kier molecular flexibility index (Phi) is 3.69. The Morgan fingerprint density at radius 2 is 2.38 bits per heavy atom. The van der Waals surface area contributed by atoms with E-state index in [0.717, 1.165) is 6.42 Å². The molecule has 0 unspecified atom stereocenters. The van der Waals surface area contributed by atoms with Crippen LogP contribution in [0.5, 0.6) is 0 Å². The molecule has 1 heterocycles. The van der Waals surface area contributed by atoms with E-state index in [-0.39, 0.29) is 24.7 Å². The van der Waals surface area contributed by atoms with Crippen molar-refractivity contribution in [2.24, 2.45) is 0 Å². The Morgan fingerprint density at radius 1 is 1.69 bits per heavy atom. The number of carbonyl (C=O) groups excluding carboxylic acids is 1. The van der Waals surface area contributed by atoms with Gasteiger partial charge in [-0.3, -0.25) is 4.79 Å². The summed E-state index contributed by atoms with van der Waals surface area (Å²) in [4.78, 5) is 13.0. The van der Waals surface area contributed by atoms with Crippen molar-refractivity contribution >= 4 is 5.91 Å². The molecule has 1 saturated heterocycles. The second-order valence-electron chi connectivity index (χ2n) is 3.43. The first-order valence-electron chi connectivity index (χ1n) is 4.60. The molecular formula is C9H17NO3. The SMILES string of the molecule is CO[C@H]1C[C@@H](CCO)N(C(C)=O)C1. The van der Waals surface area contributed by atoms with Gasteiger partial charge < -0.3 is 14.7 Å². The molecule has 0 aromatic rings. The van der Waals surface area contributed by atoms with E-state index < -0.39 is 0 Å². The van der Waals surface area contributed by atoms with Crippen LogP contribution in [0.2, 0.25) is 0 Å². The van der Waals surface area contributed by atoms with Gasteiger partial charge in [0.1, 0.15) is 0 Å². The average molecular weight is 187 g/mol. The summed E-state index contributed by atoms with van der Waals surface area (Å²) in [6.45, 7) is 2.35. The summed E-state index contributed by atoms with van der Waals surface area (Å²) in [6.07, 6.45) is 1.64. The third-order valence-electron chi connectivity index (χ3n) is 2.58. The molecule has 1 aliphatic heterocycles. The predicted octanol–water partition coefficient (Wildman–Crippen LogP) is 0.00460. The molecule has 0 radical (unpaired) electrons. The van der Waals surface area contributed by atoms with Crippen LogP contribution >= 0.6 is 0 Å². The molecule has 1 amide bonds. The number of likely N-dealkylation sites (tertiary alicyclic amines) is 1. The lowest BCUT2D eigenvalue weighted by atomic mass is 10.1. The first kappa shape index (κ1) is 10.5. The number of amides is 1. The Labute approximate surface area is 78.5 Å². The zero-order valence-electron chi connectivity index (χ0n) is 8.19. The van der Waals surface area contributed by atoms with Crippen molar-refractivity contribution in [1.82, 2.24) is 4.90 Å². The second kappa shape index (κ2) is 4.58. The molecule has 2 atom stereocenters. The molecule has 0 aliphatic carbocycles. The standard InChI is InChI=1S/C9H17NO3/c1-7(12)10-6-9(13-2)5-8(10)3-4-11/h8-9,11H,3-6H2,1-2H3/t8-,9+/m1/s1. The number of methoxy groups -OCH3 is 1. The Balaban J connectivity index is 2.54. The average Bonchev–Trinajstić information content (AvgIpc) is 2.48. The highest BCUT2D eigenvalue weighted by molar-refractivity contribution is 5.74. The van der Waals surface area contributed by atoms with E-state index in [1.807, 2.05) is 0 Å². The summed E-state index contributed by atoms with van der Waals surface area (Å²) in [5.74, 6) is 0.0676. The van der Waals surface area contributed by atoms with Crippen LogP contribution in [0.3, 0.4) is 0 Å². The van der Waals surface area contributed by atoms with Gasteiger partial charge in [0.2, 0.25) is 5.91 Å². The smallest absolute Gasteiger partial charge is 0.219 e. The van der Waals surface area contributed by atoms with E-state index in [0.29, 0.717) is 13.0 Å². The molecule has 1 N–H and O–H groups in total. The van der Waals surface area contributed by atoms with E-state index in [2.05, 4.69) is 0 Å². The van der Waals surface area contributed by atoms with Crippen LogP contribution in [0.1, 0.15) is 19.8 Å². The Bertz CT molecular complexity index is 184. The second-order valence-corrected chi connectivity index (χ2v) is 3.43. The fourth-order valence-corrected chi connectivity index (χ4v) is 1.85. The van der Waals surface area contributed by atoms with E-state index >= 15 is 0 Å². The normalized spacial score (nSPS) is 28.1. The van der Waals surface area contributed by atoms with Crippen LogP contribution in [0.15, 0.2) is 0 Å². The van der Waals surface area contributed by atoms with E-state index in [1.54, 1.807) is 18.9 Å². The van der Waals surface area contributed by atoms with Gasteiger partial charge in [-0.2, -0.15) is 0 Å². The van der Waals surface area contributed by atoms with Crippen LogP contribution in [-0.4, -0.2) is 48.3 Å². The lowest BCUT2D eigenvalue weighted by Gasteiger charge is -2.21. The molecule has 0 spiro atoms. The molecule has 4 nitrogen and oxygen atoms in total. The van der Waals surface area contributed by atoms with Gasteiger partial charge in [0.05, 0.1) is 6.10 Å². The number of aliphatic hydroxyl groups excluding tert-OH is 1. The highest BCUT2D eigenvalue weighted by Gasteiger charge is 2.32. The molecule has 0 saturated carbocycles. The van der Waals surface area contributed by atoms with Crippen molar-refractivity contribution in [2.75, 3.05) is 20.3 Å². The van der Waals surface area contributed by atoms with Crippen molar-refractivity contribution in [2.45, 2.75) is 31.9 Å². The van der Waals surface area contributed by atoms with Crippen molar-refractivity contribution in [3.63, 3.8) is 0 Å². The minimum Gasteiger partial charge on any atom is -0.396 e. The Hall–Kier alpha value is -0.610. The van der Waals surface area contributed by atoms with Gasteiger partial charge in [-0.1, -0.05) is 0 Å². The number of carbonyl (C=O) groups is 1. The molecule has 1 aliphatic rings. The minimum absolute atomic E-state index is 0.0676. The van der Waals surface area contributed by atoms with E-state index in [1.165, 1.54) is 0 Å². The van der Waals surface area contributed by atoms with Crippen molar-refractivity contribution in [3.05, 3.63) is 0 Å². The fraction of sp³-hybridized carbons (Fsp3) is 0.889. The molecular weight excluding hydrogens is 170 g/mol. The summed E-state index contributed by atoms with van der Waals surface area (Å²) >= 11 is 0. The van der Waals surface area contributed by atoms with Crippen LogP contribution in [-0.2, 0) is 9.53 Å². The molecule has 13 heavy (non-hydrogen) atoms. The van der Waals surface area contributed by atoms with Gasteiger partial charge >= 0.3 is 0 Å². The summed E-state index contributed by atoms with van der Waals surface area (Å²) < 4.78 is 5.19. The maximum atomic E-state index is 11.2. The summed E-state index contributed by atoms with van der Waals surface area (Å²) in [5, 5.41) is 8.81. The highest BCUT2D eigenvalue weighted by atomic mass is 16.5. The largest absolute Gasteiger partial charge is 0.396 e.